The molecule has 80 valence electrons. The average molecular weight is 205 g/mol. The molecule has 0 saturated heterocycles. The zero-order valence-electron chi connectivity index (χ0n) is 8.91. The molecule has 0 radical (unpaired) electrons. The maximum absolute atomic E-state index is 5.82. The van der Waals surface area contributed by atoms with E-state index in [9.17, 15) is 0 Å². The van der Waals surface area contributed by atoms with E-state index in [1.54, 1.807) is 6.20 Å². The largest absolute Gasteiger partial charge is 0.382 e. The van der Waals surface area contributed by atoms with Gasteiger partial charge in [-0.05, 0) is 18.4 Å². The third-order valence-corrected chi connectivity index (χ3v) is 2.28. The zero-order chi connectivity index (χ0) is 10.8. The van der Waals surface area contributed by atoms with Crippen LogP contribution in [0.3, 0.4) is 0 Å². The Morgan fingerprint density at radius 1 is 1.40 bits per heavy atom. The van der Waals surface area contributed by atoms with Gasteiger partial charge in [0, 0.05) is 11.8 Å². The lowest BCUT2D eigenvalue weighted by molar-refractivity contribution is 0.649. The number of nitrogens with zero attached hydrogens (tertiary/aromatic N) is 2. The summed E-state index contributed by atoms with van der Waals surface area (Å²) in [6.07, 6.45) is 2.63. The Hall–Kier alpha value is -1.78. The van der Waals surface area contributed by atoms with E-state index in [0.29, 0.717) is 11.7 Å². The molecule has 0 unspecified atom stereocenters. The van der Waals surface area contributed by atoms with Gasteiger partial charge in [-0.1, -0.05) is 13.8 Å². The van der Waals surface area contributed by atoms with Crippen molar-refractivity contribution < 1.29 is 0 Å². The van der Waals surface area contributed by atoms with Crippen LogP contribution in [0.15, 0.2) is 12.3 Å². The molecule has 0 aliphatic heterocycles. The van der Waals surface area contributed by atoms with Crippen molar-refractivity contribution in [3.8, 4) is 11.4 Å². The van der Waals surface area contributed by atoms with Gasteiger partial charge in [0.2, 0.25) is 0 Å². The highest BCUT2D eigenvalue weighted by Crippen LogP contribution is 2.25. The lowest BCUT2D eigenvalue weighted by Gasteiger charge is -2.05. The third kappa shape index (κ3) is 1.86. The topological polar surface area (TPSA) is 83.4 Å². The number of aromatic amines is 2. The van der Waals surface area contributed by atoms with Crippen molar-refractivity contribution in [3.05, 3.63) is 17.8 Å². The van der Waals surface area contributed by atoms with E-state index in [1.165, 1.54) is 0 Å². The molecule has 2 heterocycles. The van der Waals surface area contributed by atoms with Gasteiger partial charge in [-0.15, -0.1) is 0 Å². The van der Waals surface area contributed by atoms with E-state index in [0.717, 1.165) is 23.4 Å². The number of H-pyrrole nitrogens is 2. The second-order valence-electron chi connectivity index (χ2n) is 4.03. The molecule has 0 aliphatic rings. The van der Waals surface area contributed by atoms with Gasteiger partial charge in [0.1, 0.15) is 5.82 Å². The lowest BCUT2D eigenvalue weighted by Crippen LogP contribution is -1.99. The monoisotopic (exact) mass is 205 g/mol. The summed E-state index contributed by atoms with van der Waals surface area (Å²) in [6.45, 7) is 4.31. The maximum Gasteiger partial charge on any atom is 0.149 e. The first-order valence-corrected chi connectivity index (χ1v) is 5.01. The number of rotatable bonds is 3. The fraction of sp³-hybridized carbons (Fsp3) is 0.400. The minimum absolute atomic E-state index is 0.548. The summed E-state index contributed by atoms with van der Waals surface area (Å²) in [5.41, 5.74) is 8.75. The molecular weight excluding hydrogens is 190 g/mol. The van der Waals surface area contributed by atoms with Gasteiger partial charge < -0.3 is 5.73 Å². The predicted molar refractivity (Wildman–Crippen MR) is 59.1 cm³/mol. The van der Waals surface area contributed by atoms with E-state index >= 15 is 0 Å². The van der Waals surface area contributed by atoms with Crippen molar-refractivity contribution in [1.82, 2.24) is 20.4 Å². The molecule has 5 nitrogen and oxygen atoms in total. The quantitative estimate of drug-likeness (QED) is 0.711. The number of hydrogen-bond acceptors (Lipinski definition) is 3. The van der Waals surface area contributed by atoms with Gasteiger partial charge >= 0.3 is 0 Å². The Morgan fingerprint density at radius 3 is 2.80 bits per heavy atom. The van der Waals surface area contributed by atoms with Crippen molar-refractivity contribution in [3.63, 3.8) is 0 Å². The summed E-state index contributed by atoms with van der Waals surface area (Å²) in [6, 6.07) is 1.90. The molecule has 0 spiro atoms. The molecule has 4 N–H and O–H groups in total. The lowest BCUT2D eigenvalue weighted by atomic mass is 10.0. The Morgan fingerprint density at radius 2 is 2.20 bits per heavy atom. The van der Waals surface area contributed by atoms with Crippen LogP contribution in [-0.2, 0) is 6.42 Å². The van der Waals surface area contributed by atoms with E-state index in [1.807, 2.05) is 6.07 Å². The van der Waals surface area contributed by atoms with E-state index in [-0.39, 0.29) is 0 Å². The number of aromatic nitrogens is 4. The Bertz CT molecular complexity index is 427. The summed E-state index contributed by atoms with van der Waals surface area (Å²) in [5.74, 6) is 1.12. The van der Waals surface area contributed by atoms with Crippen molar-refractivity contribution in [2.45, 2.75) is 20.3 Å². The molecule has 0 saturated carbocycles. The first-order chi connectivity index (χ1) is 7.18. The fourth-order valence-electron chi connectivity index (χ4n) is 1.61. The number of hydrogen-bond donors (Lipinski definition) is 3. The molecule has 2 aromatic heterocycles. The van der Waals surface area contributed by atoms with Gasteiger partial charge in [-0.25, -0.2) is 0 Å². The van der Waals surface area contributed by atoms with Crippen molar-refractivity contribution in [2.75, 3.05) is 5.73 Å². The van der Waals surface area contributed by atoms with Crippen molar-refractivity contribution in [2.24, 2.45) is 5.92 Å². The van der Waals surface area contributed by atoms with Gasteiger partial charge in [0.25, 0.3) is 0 Å². The molecule has 2 aromatic rings. The minimum atomic E-state index is 0.548. The summed E-state index contributed by atoms with van der Waals surface area (Å²) >= 11 is 0. The molecular formula is C10H15N5. The van der Waals surface area contributed by atoms with Crippen LogP contribution in [0.4, 0.5) is 5.82 Å². The van der Waals surface area contributed by atoms with Crippen molar-refractivity contribution in [1.29, 1.82) is 0 Å². The number of nitrogens with two attached hydrogens (primary N) is 1. The van der Waals surface area contributed by atoms with Gasteiger partial charge in [0.05, 0.1) is 11.4 Å². The zero-order valence-corrected chi connectivity index (χ0v) is 8.91. The minimum Gasteiger partial charge on any atom is -0.382 e. The van der Waals surface area contributed by atoms with Crippen LogP contribution in [-0.4, -0.2) is 20.4 Å². The van der Waals surface area contributed by atoms with E-state index in [2.05, 4.69) is 34.2 Å². The summed E-state index contributed by atoms with van der Waals surface area (Å²) in [5, 5.41) is 13.8. The SMILES string of the molecule is CC(C)Cc1c(N)n[nH]c1-c1ccn[nH]1. The fourth-order valence-corrected chi connectivity index (χ4v) is 1.61. The van der Waals surface area contributed by atoms with Gasteiger partial charge in [-0.2, -0.15) is 10.2 Å². The Labute approximate surface area is 88.1 Å². The van der Waals surface area contributed by atoms with E-state index in [4.69, 9.17) is 5.73 Å². The van der Waals surface area contributed by atoms with Gasteiger partial charge in [0.15, 0.2) is 0 Å². The molecule has 0 amide bonds. The molecule has 2 rings (SSSR count). The van der Waals surface area contributed by atoms with Crippen LogP contribution in [0, 0.1) is 5.92 Å². The maximum atomic E-state index is 5.82. The van der Waals surface area contributed by atoms with Crippen molar-refractivity contribution >= 4 is 5.82 Å². The van der Waals surface area contributed by atoms with Crippen LogP contribution >= 0.6 is 0 Å². The molecule has 15 heavy (non-hydrogen) atoms. The highest BCUT2D eigenvalue weighted by molar-refractivity contribution is 5.64. The van der Waals surface area contributed by atoms with Gasteiger partial charge in [-0.3, -0.25) is 10.2 Å². The molecule has 5 heteroatoms. The molecule has 0 bridgehead atoms. The standard InChI is InChI=1S/C10H15N5/c1-6(2)5-7-9(14-15-10(7)11)8-3-4-12-13-8/h3-4,6H,5H2,1-2H3,(H,12,13)(H3,11,14,15). The second-order valence-corrected chi connectivity index (χ2v) is 4.03. The van der Waals surface area contributed by atoms with Crippen LogP contribution in [0.2, 0.25) is 0 Å². The number of nitrogens with one attached hydrogen (secondary N) is 2. The highest BCUT2D eigenvalue weighted by atomic mass is 15.2. The first kappa shape index (κ1) is 9.76. The van der Waals surface area contributed by atoms with Crippen LogP contribution in [0.25, 0.3) is 11.4 Å². The molecule has 0 aromatic carbocycles. The molecule has 0 atom stereocenters. The molecule has 0 aliphatic carbocycles. The van der Waals surface area contributed by atoms with Crippen LogP contribution in [0.1, 0.15) is 19.4 Å². The second kappa shape index (κ2) is 3.76. The number of nitrogen functional groups attached to an aromatic ring is 1. The third-order valence-electron chi connectivity index (χ3n) is 2.28. The predicted octanol–water partition coefficient (Wildman–Crippen LogP) is 1.58. The van der Waals surface area contributed by atoms with E-state index < -0.39 is 0 Å². The first-order valence-electron chi connectivity index (χ1n) is 5.01. The smallest absolute Gasteiger partial charge is 0.149 e. The van der Waals surface area contributed by atoms with Crippen LogP contribution < -0.4 is 5.73 Å². The summed E-state index contributed by atoms with van der Waals surface area (Å²) in [7, 11) is 0. The summed E-state index contributed by atoms with van der Waals surface area (Å²) in [4.78, 5) is 0. The number of anilines is 1. The van der Waals surface area contributed by atoms with Crippen LogP contribution in [0.5, 0.6) is 0 Å². The highest BCUT2D eigenvalue weighted by Gasteiger charge is 2.14. The Balaban J connectivity index is 2.40. The molecule has 0 fully saturated rings. The average Bonchev–Trinajstić information content (AvgIpc) is 2.76. The normalized spacial score (nSPS) is 11.1. The Kier molecular flexibility index (Phi) is 2.45. The summed E-state index contributed by atoms with van der Waals surface area (Å²) < 4.78 is 0.